The largest absolute Gasteiger partial charge is 0.493 e. The van der Waals surface area contributed by atoms with Gasteiger partial charge in [-0.05, 0) is 35.6 Å². The predicted molar refractivity (Wildman–Crippen MR) is 146 cm³/mol. The van der Waals surface area contributed by atoms with Crippen LogP contribution in [0.4, 0.5) is 0 Å². The maximum atomic E-state index is 5.66. The molecule has 3 aromatic rings. The van der Waals surface area contributed by atoms with Crippen molar-refractivity contribution >= 4 is 18.5 Å². The van der Waals surface area contributed by atoms with Crippen molar-refractivity contribution in [1.29, 1.82) is 0 Å². The SMILES string of the molecule is COc1ccc2c(c1OC)CCC(CN1CCN(C(c3ccccc3)c3ccccc3)CC1)=C2.Cl. The van der Waals surface area contributed by atoms with Crippen molar-refractivity contribution in [3.8, 4) is 11.5 Å². The third-order valence-electron chi connectivity index (χ3n) is 7.17. The standard InChI is InChI=1S/C30H34N2O2.ClH/c1-33-28-16-14-26-21-23(13-15-27(26)30(28)34-2)22-31-17-19-32(20-18-31)29(24-9-5-3-6-10-24)25-11-7-4-8-12-25;/h3-12,14,16,21,29H,13,15,17-20,22H2,1-2H3;1H. The Morgan fingerprint density at radius 1 is 0.743 bits per heavy atom. The molecule has 2 aliphatic rings. The van der Waals surface area contributed by atoms with E-state index >= 15 is 0 Å². The fraction of sp³-hybridized carbons (Fsp3) is 0.333. The van der Waals surface area contributed by atoms with Gasteiger partial charge in [0.05, 0.1) is 20.3 Å². The molecule has 35 heavy (non-hydrogen) atoms. The van der Waals surface area contributed by atoms with Gasteiger partial charge < -0.3 is 9.47 Å². The number of ether oxygens (including phenoxy) is 2. The predicted octanol–water partition coefficient (Wildman–Crippen LogP) is 5.86. The van der Waals surface area contributed by atoms with Crippen LogP contribution in [0.2, 0.25) is 0 Å². The highest BCUT2D eigenvalue weighted by Crippen LogP contribution is 2.38. The van der Waals surface area contributed by atoms with Crippen molar-refractivity contribution < 1.29 is 9.47 Å². The van der Waals surface area contributed by atoms with E-state index in [0.29, 0.717) is 6.04 Å². The first-order valence-corrected chi connectivity index (χ1v) is 12.3. The van der Waals surface area contributed by atoms with Crippen LogP contribution in [0.5, 0.6) is 11.5 Å². The normalized spacial score (nSPS) is 16.3. The zero-order valence-corrected chi connectivity index (χ0v) is 21.5. The first-order chi connectivity index (χ1) is 16.8. The Bertz CT molecular complexity index is 1090. The summed E-state index contributed by atoms with van der Waals surface area (Å²) in [6.45, 7) is 5.37. The molecule has 1 saturated heterocycles. The van der Waals surface area contributed by atoms with Crippen LogP contribution in [-0.2, 0) is 6.42 Å². The van der Waals surface area contributed by atoms with Gasteiger partial charge in [0.2, 0.25) is 0 Å². The van der Waals surface area contributed by atoms with Crippen LogP contribution in [0, 0.1) is 0 Å². The molecule has 0 radical (unpaired) electrons. The van der Waals surface area contributed by atoms with Gasteiger partial charge in [0.1, 0.15) is 0 Å². The molecule has 1 fully saturated rings. The van der Waals surface area contributed by atoms with E-state index in [2.05, 4.69) is 82.6 Å². The van der Waals surface area contributed by atoms with Gasteiger partial charge in [0.15, 0.2) is 11.5 Å². The minimum atomic E-state index is 0. The molecular formula is C30H35ClN2O2. The van der Waals surface area contributed by atoms with Gasteiger partial charge in [-0.1, -0.05) is 78.4 Å². The summed E-state index contributed by atoms with van der Waals surface area (Å²) in [5.74, 6) is 1.71. The second-order valence-electron chi connectivity index (χ2n) is 9.21. The van der Waals surface area contributed by atoms with Gasteiger partial charge >= 0.3 is 0 Å². The van der Waals surface area contributed by atoms with E-state index < -0.39 is 0 Å². The molecule has 4 nitrogen and oxygen atoms in total. The smallest absolute Gasteiger partial charge is 0.164 e. The summed E-state index contributed by atoms with van der Waals surface area (Å²) >= 11 is 0. The van der Waals surface area contributed by atoms with E-state index in [4.69, 9.17) is 9.47 Å². The zero-order valence-electron chi connectivity index (χ0n) is 20.7. The minimum Gasteiger partial charge on any atom is -0.493 e. The van der Waals surface area contributed by atoms with Crippen molar-refractivity contribution in [3.05, 3.63) is 101 Å². The zero-order chi connectivity index (χ0) is 23.3. The third kappa shape index (κ3) is 5.56. The topological polar surface area (TPSA) is 24.9 Å². The lowest BCUT2D eigenvalue weighted by Gasteiger charge is -2.40. The van der Waals surface area contributed by atoms with Crippen molar-refractivity contribution in [2.24, 2.45) is 0 Å². The van der Waals surface area contributed by atoms with E-state index in [1.54, 1.807) is 14.2 Å². The number of benzene rings is 3. The Hall–Kier alpha value is -2.79. The molecule has 0 aromatic heterocycles. The van der Waals surface area contributed by atoms with Gasteiger partial charge in [-0.2, -0.15) is 0 Å². The maximum absolute atomic E-state index is 5.66. The van der Waals surface area contributed by atoms with Crippen molar-refractivity contribution in [1.82, 2.24) is 9.80 Å². The number of methoxy groups -OCH3 is 2. The number of piperazine rings is 1. The number of halogens is 1. The second-order valence-corrected chi connectivity index (χ2v) is 9.21. The first kappa shape index (κ1) is 25.3. The summed E-state index contributed by atoms with van der Waals surface area (Å²) in [5, 5.41) is 0. The molecular weight excluding hydrogens is 456 g/mol. The van der Waals surface area contributed by atoms with E-state index in [1.807, 2.05) is 6.07 Å². The molecule has 0 unspecified atom stereocenters. The van der Waals surface area contributed by atoms with Crippen LogP contribution in [0.25, 0.3) is 6.08 Å². The van der Waals surface area contributed by atoms with Gasteiger partial charge in [-0.3, -0.25) is 9.80 Å². The molecule has 3 aromatic carbocycles. The van der Waals surface area contributed by atoms with Crippen molar-refractivity contribution in [2.45, 2.75) is 18.9 Å². The first-order valence-electron chi connectivity index (χ1n) is 12.3. The average molecular weight is 491 g/mol. The quantitative estimate of drug-likeness (QED) is 0.414. The highest BCUT2D eigenvalue weighted by Gasteiger charge is 2.27. The van der Waals surface area contributed by atoms with E-state index in [-0.39, 0.29) is 12.4 Å². The number of rotatable bonds is 7. The third-order valence-corrected chi connectivity index (χ3v) is 7.17. The summed E-state index contributed by atoms with van der Waals surface area (Å²) in [7, 11) is 3.43. The van der Waals surface area contributed by atoms with Crippen LogP contribution < -0.4 is 9.47 Å². The van der Waals surface area contributed by atoms with E-state index in [1.165, 1.54) is 27.8 Å². The van der Waals surface area contributed by atoms with E-state index in [9.17, 15) is 0 Å². The summed E-state index contributed by atoms with van der Waals surface area (Å²) in [5.41, 5.74) is 6.79. The van der Waals surface area contributed by atoms with Gasteiger partial charge in [0, 0.05) is 38.3 Å². The van der Waals surface area contributed by atoms with Crippen molar-refractivity contribution in [3.63, 3.8) is 0 Å². The van der Waals surface area contributed by atoms with Crippen molar-refractivity contribution in [2.75, 3.05) is 46.9 Å². The van der Waals surface area contributed by atoms with Gasteiger partial charge in [-0.15, -0.1) is 12.4 Å². The second kappa shape index (κ2) is 11.8. The van der Waals surface area contributed by atoms with Crippen LogP contribution in [0.15, 0.2) is 78.4 Å². The molecule has 0 atom stereocenters. The monoisotopic (exact) mass is 490 g/mol. The highest BCUT2D eigenvalue weighted by atomic mass is 35.5. The molecule has 0 bridgehead atoms. The number of hydrogen-bond donors (Lipinski definition) is 0. The Labute approximate surface area is 215 Å². The summed E-state index contributed by atoms with van der Waals surface area (Å²) < 4.78 is 11.1. The molecule has 5 heteroatoms. The number of nitrogens with zero attached hydrogens (tertiary/aromatic N) is 2. The summed E-state index contributed by atoms with van der Waals surface area (Å²) in [6.07, 6.45) is 4.45. The molecule has 1 aliphatic heterocycles. The number of fused-ring (bicyclic) bond motifs is 1. The summed E-state index contributed by atoms with van der Waals surface area (Å²) in [6, 6.07) is 26.4. The van der Waals surface area contributed by atoms with Gasteiger partial charge in [-0.25, -0.2) is 0 Å². The van der Waals surface area contributed by atoms with Crippen LogP contribution >= 0.6 is 12.4 Å². The minimum absolute atomic E-state index is 0. The lowest BCUT2D eigenvalue weighted by Crippen LogP contribution is -2.48. The van der Waals surface area contributed by atoms with Gasteiger partial charge in [0.25, 0.3) is 0 Å². The molecule has 1 heterocycles. The highest BCUT2D eigenvalue weighted by molar-refractivity contribution is 5.85. The van der Waals surface area contributed by atoms with E-state index in [0.717, 1.165) is 57.1 Å². The molecule has 0 spiro atoms. The molecule has 0 saturated carbocycles. The number of hydrogen-bond acceptors (Lipinski definition) is 4. The molecule has 5 rings (SSSR count). The summed E-state index contributed by atoms with van der Waals surface area (Å²) in [4.78, 5) is 5.25. The fourth-order valence-electron chi connectivity index (χ4n) is 5.45. The Morgan fingerprint density at radius 3 is 1.94 bits per heavy atom. The Balaban J connectivity index is 0.00000289. The van der Waals surface area contributed by atoms with Crippen LogP contribution in [0.3, 0.4) is 0 Å². The lowest BCUT2D eigenvalue weighted by molar-refractivity contribution is 0.115. The average Bonchev–Trinajstić information content (AvgIpc) is 2.90. The van der Waals surface area contributed by atoms with Crippen LogP contribution in [-0.4, -0.2) is 56.7 Å². The fourth-order valence-corrected chi connectivity index (χ4v) is 5.45. The Morgan fingerprint density at radius 2 is 1.37 bits per heavy atom. The molecule has 184 valence electrons. The maximum Gasteiger partial charge on any atom is 0.164 e. The molecule has 0 N–H and O–H groups in total. The van der Waals surface area contributed by atoms with Crippen LogP contribution in [0.1, 0.15) is 34.7 Å². The Kier molecular flexibility index (Phi) is 8.50. The molecule has 0 amide bonds. The molecule has 1 aliphatic carbocycles. The lowest BCUT2D eigenvalue weighted by atomic mass is 9.90.